The van der Waals surface area contributed by atoms with Gasteiger partial charge in [-0.1, -0.05) is 12.1 Å². The van der Waals surface area contributed by atoms with Gasteiger partial charge in [0.15, 0.2) is 0 Å². The van der Waals surface area contributed by atoms with Gasteiger partial charge in [-0.15, -0.1) is 0 Å². The van der Waals surface area contributed by atoms with E-state index in [0.29, 0.717) is 11.1 Å². The van der Waals surface area contributed by atoms with E-state index in [4.69, 9.17) is 4.55 Å². The van der Waals surface area contributed by atoms with E-state index >= 15 is 0 Å². The van der Waals surface area contributed by atoms with E-state index in [0.717, 1.165) is 0 Å². The minimum Gasteiger partial charge on any atom is -0.448 e. The molecule has 1 unspecified atom stereocenters. The smallest absolute Gasteiger partial charge is 0.426 e. The molecule has 0 fully saturated rings. The summed E-state index contributed by atoms with van der Waals surface area (Å²) in [6.45, 7) is 3.18. The quantitative estimate of drug-likeness (QED) is 0.678. The van der Waals surface area contributed by atoms with Crippen molar-refractivity contribution in [2.75, 3.05) is 5.75 Å². The van der Waals surface area contributed by atoms with E-state index in [2.05, 4.69) is 4.74 Å². The highest BCUT2D eigenvalue weighted by atomic mass is 32.2. The number of rotatable bonds is 4. The van der Waals surface area contributed by atoms with Crippen LogP contribution in [0, 0.1) is 13.8 Å². The van der Waals surface area contributed by atoms with Crippen LogP contribution in [0.1, 0.15) is 21.5 Å². The largest absolute Gasteiger partial charge is 0.448 e. The molecule has 0 radical (unpaired) electrons. The number of hydrogen-bond acceptors (Lipinski definition) is 4. The number of hydrogen-bond donors (Lipinski definition) is 1. The molecule has 0 bridgehead atoms. The van der Waals surface area contributed by atoms with E-state index in [1.807, 2.05) is 0 Å². The molecule has 1 N–H and O–H groups in total. The Morgan fingerprint density at radius 1 is 1.33 bits per heavy atom. The Hall–Kier alpha value is -1.61. The zero-order valence-corrected chi connectivity index (χ0v) is 12.0. The van der Waals surface area contributed by atoms with E-state index in [1.165, 1.54) is 19.1 Å². The van der Waals surface area contributed by atoms with E-state index in [-0.39, 0.29) is 5.56 Å². The van der Waals surface area contributed by atoms with Gasteiger partial charge in [0.2, 0.25) is 6.10 Å². The fourth-order valence-electron chi connectivity index (χ4n) is 1.55. The predicted octanol–water partition coefficient (Wildman–Crippen LogP) is 2.28. The summed E-state index contributed by atoms with van der Waals surface area (Å²) >= 11 is 0. The molecule has 9 heteroatoms. The summed E-state index contributed by atoms with van der Waals surface area (Å²) in [4.78, 5) is 11.8. The summed E-state index contributed by atoms with van der Waals surface area (Å²) in [7, 11) is -4.95. The molecule has 0 saturated heterocycles. The van der Waals surface area contributed by atoms with Crippen molar-refractivity contribution in [2.24, 2.45) is 0 Å². The number of carbonyl (C=O) groups is 1. The lowest BCUT2D eigenvalue weighted by atomic mass is 10.0. The molecule has 0 aliphatic heterocycles. The monoisotopic (exact) mass is 326 g/mol. The third-order valence-electron chi connectivity index (χ3n) is 2.80. The molecule has 0 saturated carbocycles. The Morgan fingerprint density at radius 2 is 1.90 bits per heavy atom. The van der Waals surface area contributed by atoms with Crippen LogP contribution < -0.4 is 0 Å². The van der Waals surface area contributed by atoms with Gasteiger partial charge in [0, 0.05) is 0 Å². The highest BCUT2D eigenvalue weighted by molar-refractivity contribution is 7.85. The molecule has 5 nitrogen and oxygen atoms in total. The topological polar surface area (TPSA) is 80.7 Å². The van der Waals surface area contributed by atoms with Crippen molar-refractivity contribution < 1.29 is 35.7 Å². The summed E-state index contributed by atoms with van der Waals surface area (Å²) in [5.74, 6) is -3.05. The van der Waals surface area contributed by atoms with Gasteiger partial charge in [0.05, 0.1) is 5.56 Å². The predicted molar refractivity (Wildman–Crippen MR) is 67.6 cm³/mol. The van der Waals surface area contributed by atoms with Crippen molar-refractivity contribution in [1.29, 1.82) is 0 Å². The molecule has 1 aromatic rings. The van der Waals surface area contributed by atoms with Gasteiger partial charge in [-0.05, 0) is 31.0 Å². The molecule has 1 aromatic carbocycles. The molecule has 0 amide bonds. The third-order valence-corrected chi connectivity index (χ3v) is 3.52. The lowest BCUT2D eigenvalue weighted by Crippen LogP contribution is -2.39. The number of benzene rings is 1. The van der Waals surface area contributed by atoms with Crippen LogP contribution in [0.4, 0.5) is 13.2 Å². The lowest BCUT2D eigenvalue weighted by molar-refractivity contribution is -0.197. The maximum Gasteiger partial charge on any atom is 0.426 e. The minimum absolute atomic E-state index is 0.0976. The SMILES string of the molecule is Cc1cccc(C(=O)OC(CS(=O)(=O)O)C(F)(F)F)c1C. The Balaban J connectivity index is 3.04. The number of alkyl halides is 3. The first-order valence-corrected chi connectivity index (χ1v) is 7.32. The van der Waals surface area contributed by atoms with Crippen molar-refractivity contribution >= 4 is 16.1 Å². The highest BCUT2D eigenvalue weighted by Gasteiger charge is 2.45. The molecule has 0 aliphatic rings. The second-order valence-corrected chi connectivity index (χ2v) is 5.93. The maximum absolute atomic E-state index is 12.7. The molecular formula is C12H13F3O5S. The molecular weight excluding hydrogens is 313 g/mol. The van der Waals surface area contributed by atoms with E-state index in [9.17, 15) is 26.4 Å². The van der Waals surface area contributed by atoms with E-state index in [1.54, 1.807) is 13.0 Å². The first-order valence-electron chi connectivity index (χ1n) is 5.71. The summed E-state index contributed by atoms with van der Waals surface area (Å²) < 4.78 is 71.9. The van der Waals surface area contributed by atoms with Gasteiger partial charge in [0.25, 0.3) is 10.1 Å². The zero-order chi connectivity index (χ0) is 16.4. The number of halogens is 3. The average Bonchev–Trinajstić information content (AvgIpc) is 2.28. The Bertz CT molecular complexity index is 637. The molecule has 1 atom stereocenters. The van der Waals surface area contributed by atoms with Crippen LogP contribution in [-0.4, -0.2) is 37.0 Å². The maximum atomic E-state index is 12.7. The second-order valence-electron chi connectivity index (χ2n) is 4.43. The van der Waals surface area contributed by atoms with Crippen LogP contribution in [0.3, 0.4) is 0 Å². The summed E-state index contributed by atoms with van der Waals surface area (Å²) in [6.07, 6.45) is -8.04. The standard InChI is InChI=1S/C12H13F3O5S/c1-7-4-3-5-9(8(7)2)11(16)20-10(12(13,14)15)6-21(17,18)19/h3-5,10H,6H2,1-2H3,(H,17,18,19). The molecule has 21 heavy (non-hydrogen) atoms. The Labute approximate surface area is 119 Å². The first-order chi connectivity index (χ1) is 9.42. The normalized spacial score (nSPS) is 13.8. The van der Waals surface area contributed by atoms with Crippen LogP contribution in [-0.2, 0) is 14.9 Å². The second kappa shape index (κ2) is 6.02. The lowest BCUT2D eigenvalue weighted by Gasteiger charge is -2.20. The van der Waals surface area contributed by atoms with Crippen molar-refractivity contribution in [2.45, 2.75) is 26.1 Å². The van der Waals surface area contributed by atoms with Crippen molar-refractivity contribution in [1.82, 2.24) is 0 Å². The van der Waals surface area contributed by atoms with Crippen LogP contribution in [0.15, 0.2) is 18.2 Å². The van der Waals surface area contributed by atoms with Crippen LogP contribution in [0.2, 0.25) is 0 Å². The molecule has 0 heterocycles. The van der Waals surface area contributed by atoms with Gasteiger partial charge < -0.3 is 4.74 Å². The van der Waals surface area contributed by atoms with Gasteiger partial charge in [0.1, 0.15) is 5.75 Å². The molecule has 0 aromatic heterocycles. The van der Waals surface area contributed by atoms with Gasteiger partial charge >= 0.3 is 12.1 Å². The van der Waals surface area contributed by atoms with Crippen LogP contribution in [0.5, 0.6) is 0 Å². The third kappa shape index (κ3) is 5.01. The van der Waals surface area contributed by atoms with Crippen molar-refractivity contribution in [3.05, 3.63) is 34.9 Å². The molecule has 0 aliphatic carbocycles. The molecule has 0 spiro atoms. The number of ether oxygens (including phenoxy) is 1. The summed E-state index contributed by atoms with van der Waals surface area (Å²) in [5, 5.41) is 0. The fourth-order valence-corrected chi connectivity index (χ4v) is 2.19. The van der Waals surface area contributed by atoms with Gasteiger partial charge in [-0.3, -0.25) is 4.55 Å². The fraction of sp³-hybridized carbons (Fsp3) is 0.417. The number of esters is 1. The number of carbonyl (C=O) groups excluding carboxylic acids is 1. The van der Waals surface area contributed by atoms with Crippen LogP contribution in [0.25, 0.3) is 0 Å². The van der Waals surface area contributed by atoms with Crippen molar-refractivity contribution in [3.8, 4) is 0 Å². The Morgan fingerprint density at radius 3 is 2.38 bits per heavy atom. The Kier molecular flexibility index (Phi) is 5.00. The average molecular weight is 326 g/mol. The number of aryl methyl sites for hydroxylation is 1. The minimum atomic E-state index is -5.11. The van der Waals surface area contributed by atoms with Gasteiger partial charge in [-0.25, -0.2) is 4.79 Å². The van der Waals surface area contributed by atoms with E-state index < -0.39 is 34.1 Å². The summed E-state index contributed by atoms with van der Waals surface area (Å²) in [6, 6.07) is 4.39. The van der Waals surface area contributed by atoms with Gasteiger partial charge in [-0.2, -0.15) is 21.6 Å². The first kappa shape index (κ1) is 17.4. The zero-order valence-electron chi connectivity index (χ0n) is 11.1. The molecule has 1 rings (SSSR count). The molecule has 118 valence electrons. The summed E-state index contributed by atoms with van der Waals surface area (Å²) in [5.41, 5.74) is 0.998. The van der Waals surface area contributed by atoms with Crippen molar-refractivity contribution in [3.63, 3.8) is 0 Å². The van der Waals surface area contributed by atoms with Crippen LogP contribution >= 0.6 is 0 Å². The highest BCUT2D eigenvalue weighted by Crippen LogP contribution is 2.25.